The first kappa shape index (κ1) is 11.8. The topological polar surface area (TPSA) is 0 Å². The van der Waals surface area contributed by atoms with Gasteiger partial charge in [0.15, 0.2) is 0 Å². The molecule has 0 aromatic heterocycles. The molecule has 0 aromatic carbocycles. The second-order valence-corrected chi connectivity index (χ2v) is 5.03. The highest BCUT2D eigenvalue weighted by atomic mass is 14.2. The van der Waals surface area contributed by atoms with Crippen LogP contribution in [0.3, 0.4) is 0 Å². The van der Waals surface area contributed by atoms with Crippen molar-refractivity contribution in [3.63, 3.8) is 0 Å². The molecule has 14 heavy (non-hydrogen) atoms. The second-order valence-electron chi connectivity index (χ2n) is 5.03. The molecule has 0 radical (unpaired) electrons. The first-order chi connectivity index (χ1) is 6.77. The van der Waals surface area contributed by atoms with Crippen molar-refractivity contribution >= 4 is 0 Å². The van der Waals surface area contributed by atoms with Crippen molar-refractivity contribution in [1.82, 2.24) is 0 Å². The van der Waals surface area contributed by atoms with Crippen molar-refractivity contribution in [2.24, 2.45) is 17.8 Å². The van der Waals surface area contributed by atoms with Crippen molar-refractivity contribution < 1.29 is 0 Å². The maximum absolute atomic E-state index is 4.00. The van der Waals surface area contributed by atoms with Crippen LogP contribution in [0.4, 0.5) is 0 Å². The Morgan fingerprint density at radius 2 is 1.79 bits per heavy atom. The van der Waals surface area contributed by atoms with Gasteiger partial charge in [-0.25, -0.2) is 0 Å². The van der Waals surface area contributed by atoms with Gasteiger partial charge in [0.1, 0.15) is 0 Å². The van der Waals surface area contributed by atoms with E-state index in [0.29, 0.717) is 0 Å². The molecule has 0 nitrogen and oxygen atoms in total. The molecule has 0 amide bonds. The molecule has 3 unspecified atom stereocenters. The Bertz CT molecular complexity index is 159. The number of allylic oxidation sites excluding steroid dienone is 1. The van der Waals surface area contributed by atoms with Gasteiger partial charge in [-0.3, -0.25) is 0 Å². The van der Waals surface area contributed by atoms with Gasteiger partial charge in [-0.15, -0.1) is 6.58 Å². The van der Waals surface area contributed by atoms with Crippen LogP contribution >= 0.6 is 0 Å². The predicted octanol–water partition coefficient (Wildman–Crippen LogP) is 4.81. The number of rotatable bonds is 2. The van der Waals surface area contributed by atoms with E-state index >= 15 is 0 Å². The van der Waals surface area contributed by atoms with E-state index in [1.807, 2.05) is 0 Å². The third-order valence-electron chi connectivity index (χ3n) is 3.94. The van der Waals surface area contributed by atoms with Crippen molar-refractivity contribution in [2.45, 2.75) is 58.8 Å². The third kappa shape index (κ3) is 3.48. The van der Waals surface area contributed by atoms with Crippen molar-refractivity contribution in [2.75, 3.05) is 0 Å². The Labute approximate surface area is 89.8 Å². The first-order valence-electron chi connectivity index (χ1n) is 6.40. The normalized spacial score (nSPS) is 35.4. The van der Waals surface area contributed by atoms with Crippen molar-refractivity contribution in [3.8, 4) is 0 Å². The number of hydrogen-bond donors (Lipinski definition) is 0. The minimum atomic E-state index is 0.797. The minimum absolute atomic E-state index is 0.797. The molecular weight excluding hydrogens is 168 g/mol. The molecule has 1 fully saturated rings. The Morgan fingerprint density at radius 1 is 1.14 bits per heavy atom. The van der Waals surface area contributed by atoms with Gasteiger partial charge in [0.05, 0.1) is 0 Å². The van der Waals surface area contributed by atoms with Crippen LogP contribution in [-0.2, 0) is 0 Å². The highest BCUT2D eigenvalue weighted by Gasteiger charge is 2.19. The smallest absolute Gasteiger partial charge is 0.0208 e. The van der Waals surface area contributed by atoms with E-state index < -0.39 is 0 Å². The van der Waals surface area contributed by atoms with Gasteiger partial charge in [0, 0.05) is 0 Å². The second kappa shape index (κ2) is 6.27. The molecule has 0 N–H and O–H groups in total. The fourth-order valence-corrected chi connectivity index (χ4v) is 2.84. The Morgan fingerprint density at radius 3 is 2.36 bits per heavy atom. The Hall–Kier alpha value is -0.260. The van der Waals surface area contributed by atoms with Crippen LogP contribution in [0.1, 0.15) is 58.8 Å². The molecule has 1 aliphatic rings. The van der Waals surface area contributed by atoms with E-state index in [9.17, 15) is 0 Å². The first-order valence-corrected chi connectivity index (χ1v) is 6.40. The van der Waals surface area contributed by atoms with Crippen LogP contribution in [0.25, 0.3) is 0 Å². The number of hydrogen-bond acceptors (Lipinski definition) is 0. The molecule has 0 saturated heterocycles. The van der Waals surface area contributed by atoms with Crippen LogP contribution in [0, 0.1) is 17.8 Å². The molecule has 0 heterocycles. The zero-order chi connectivity index (χ0) is 10.4. The molecular formula is C14H26. The lowest BCUT2D eigenvalue weighted by Crippen LogP contribution is -2.11. The standard InChI is InChI=1S/C14H26/c1-4-13-10-6-8-12(3)9-7-11-14(13)5-2/h4,12-14H,1,5-11H2,2-3H3. The van der Waals surface area contributed by atoms with Gasteiger partial charge in [-0.05, 0) is 30.6 Å². The lowest BCUT2D eigenvalue weighted by atomic mass is 9.84. The summed E-state index contributed by atoms with van der Waals surface area (Å²) in [6.45, 7) is 8.75. The Kier molecular flexibility index (Phi) is 5.29. The van der Waals surface area contributed by atoms with Gasteiger partial charge < -0.3 is 0 Å². The molecule has 0 aliphatic heterocycles. The van der Waals surface area contributed by atoms with Crippen molar-refractivity contribution in [1.29, 1.82) is 0 Å². The molecule has 0 heteroatoms. The molecule has 0 aromatic rings. The highest BCUT2D eigenvalue weighted by Crippen LogP contribution is 2.31. The van der Waals surface area contributed by atoms with E-state index in [1.165, 1.54) is 44.9 Å². The summed E-state index contributed by atoms with van der Waals surface area (Å²) in [5.41, 5.74) is 0. The van der Waals surface area contributed by atoms with Crippen LogP contribution in [-0.4, -0.2) is 0 Å². The van der Waals surface area contributed by atoms with Gasteiger partial charge >= 0.3 is 0 Å². The lowest BCUT2D eigenvalue weighted by Gasteiger charge is -2.22. The zero-order valence-electron chi connectivity index (χ0n) is 9.97. The maximum Gasteiger partial charge on any atom is -0.0208 e. The summed E-state index contributed by atoms with van der Waals surface area (Å²) in [5, 5.41) is 0. The fraction of sp³-hybridized carbons (Fsp3) is 0.857. The van der Waals surface area contributed by atoms with Gasteiger partial charge in [0.25, 0.3) is 0 Å². The van der Waals surface area contributed by atoms with E-state index in [-0.39, 0.29) is 0 Å². The van der Waals surface area contributed by atoms with E-state index in [0.717, 1.165) is 17.8 Å². The molecule has 1 aliphatic carbocycles. The van der Waals surface area contributed by atoms with Crippen LogP contribution in [0.5, 0.6) is 0 Å². The fourth-order valence-electron chi connectivity index (χ4n) is 2.84. The predicted molar refractivity (Wildman–Crippen MR) is 64.3 cm³/mol. The van der Waals surface area contributed by atoms with Gasteiger partial charge in [0.2, 0.25) is 0 Å². The zero-order valence-corrected chi connectivity index (χ0v) is 9.97. The van der Waals surface area contributed by atoms with E-state index in [2.05, 4.69) is 26.5 Å². The van der Waals surface area contributed by atoms with Gasteiger partial charge in [-0.2, -0.15) is 0 Å². The largest absolute Gasteiger partial charge is 0.103 e. The molecule has 0 spiro atoms. The monoisotopic (exact) mass is 194 g/mol. The van der Waals surface area contributed by atoms with Gasteiger partial charge in [-0.1, -0.05) is 52.0 Å². The molecule has 1 saturated carbocycles. The molecule has 82 valence electrons. The molecule has 0 bridgehead atoms. The Balaban J connectivity index is 2.51. The molecule has 3 atom stereocenters. The van der Waals surface area contributed by atoms with E-state index in [1.54, 1.807) is 0 Å². The summed E-state index contributed by atoms with van der Waals surface area (Å²) in [6.07, 6.45) is 12.1. The van der Waals surface area contributed by atoms with Crippen LogP contribution in [0.15, 0.2) is 12.7 Å². The quantitative estimate of drug-likeness (QED) is 0.554. The third-order valence-corrected chi connectivity index (χ3v) is 3.94. The van der Waals surface area contributed by atoms with Crippen LogP contribution in [0.2, 0.25) is 0 Å². The van der Waals surface area contributed by atoms with Crippen LogP contribution < -0.4 is 0 Å². The SMILES string of the molecule is C=CC1CCCC(C)CCCC1CC. The summed E-state index contributed by atoms with van der Waals surface area (Å²) in [6, 6.07) is 0. The average molecular weight is 194 g/mol. The maximum atomic E-state index is 4.00. The minimum Gasteiger partial charge on any atom is -0.103 e. The van der Waals surface area contributed by atoms with Crippen molar-refractivity contribution in [3.05, 3.63) is 12.7 Å². The highest BCUT2D eigenvalue weighted by molar-refractivity contribution is 4.85. The molecule has 1 rings (SSSR count). The lowest BCUT2D eigenvalue weighted by molar-refractivity contribution is 0.335. The summed E-state index contributed by atoms with van der Waals surface area (Å²) in [5.74, 6) is 2.67. The summed E-state index contributed by atoms with van der Waals surface area (Å²) in [4.78, 5) is 0. The average Bonchev–Trinajstić information content (AvgIpc) is 2.28. The summed E-state index contributed by atoms with van der Waals surface area (Å²) >= 11 is 0. The summed E-state index contributed by atoms with van der Waals surface area (Å²) < 4.78 is 0. The summed E-state index contributed by atoms with van der Waals surface area (Å²) in [7, 11) is 0. The van der Waals surface area contributed by atoms with E-state index in [4.69, 9.17) is 0 Å².